The molecule has 150 valence electrons. The summed E-state index contributed by atoms with van der Waals surface area (Å²) in [5.74, 6) is 0.847. The van der Waals surface area contributed by atoms with E-state index < -0.39 is 5.60 Å². The van der Waals surface area contributed by atoms with Crippen molar-refractivity contribution in [2.24, 2.45) is 4.99 Å². The van der Waals surface area contributed by atoms with E-state index >= 15 is 0 Å². The van der Waals surface area contributed by atoms with Gasteiger partial charge in [-0.2, -0.15) is 0 Å². The van der Waals surface area contributed by atoms with E-state index in [2.05, 4.69) is 27.8 Å². The fraction of sp³-hybridized carbons (Fsp3) is 0.789. The highest BCUT2D eigenvalue weighted by Crippen LogP contribution is 2.36. The molecule has 2 atom stereocenters. The lowest BCUT2D eigenvalue weighted by atomic mass is 9.98. The third-order valence-electron chi connectivity index (χ3n) is 4.74. The molecule has 0 spiro atoms. The van der Waals surface area contributed by atoms with Crippen LogP contribution in [0.4, 0.5) is 4.79 Å². The summed E-state index contributed by atoms with van der Waals surface area (Å²) >= 11 is 0. The van der Waals surface area contributed by atoms with Crippen molar-refractivity contribution in [2.75, 3.05) is 13.6 Å². The molecule has 0 aliphatic carbocycles. The Labute approximate surface area is 175 Å². The molecule has 2 rings (SSSR count). The highest BCUT2D eigenvalue weighted by atomic mass is 127. The zero-order valence-corrected chi connectivity index (χ0v) is 19.1. The molecule has 0 saturated carbocycles. The highest BCUT2D eigenvalue weighted by molar-refractivity contribution is 14.0. The molecule has 26 heavy (non-hydrogen) atoms. The van der Waals surface area contributed by atoms with Crippen LogP contribution in [-0.2, 0) is 4.74 Å². The van der Waals surface area contributed by atoms with E-state index in [1.54, 1.807) is 7.05 Å². The maximum atomic E-state index is 12.5. The molecular formula is C19H35IN4O2. The van der Waals surface area contributed by atoms with Crippen LogP contribution >= 0.6 is 24.0 Å². The Balaban J connectivity index is 0.00000338. The number of rotatable bonds is 4. The van der Waals surface area contributed by atoms with Crippen molar-refractivity contribution >= 4 is 36.0 Å². The molecular weight excluding hydrogens is 443 g/mol. The Bertz CT molecular complexity index is 502. The number of amides is 1. The minimum Gasteiger partial charge on any atom is -0.444 e. The largest absolute Gasteiger partial charge is 0.444 e. The number of allylic oxidation sites excluding steroid dienone is 1. The maximum Gasteiger partial charge on any atom is 0.410 e. The molecule has 0 aromatic heterocycles. The molecule has 1 amide bonds. The van der Waals surface area contributed by atoms with Crippen LogP contribution < -0.4 is 10.6 Å². The van der Waals surface area contributed by atoms with Gasteiger partial charge in [-0.25, -0.2) is 4.79 Å². The van der Waals surface area contributed by atoms with Crippen molar-refractivity contribution in [2.45, 2.75) is 83.5 Å². The van der Waals surface area contributed by atoms with E-state index in [0.29, 0.717) is 6.04 Å². The van der Waals surface area contributed by atoms with E-state index in [0.717, 1.165) is 44.6 Å². The summed E-state index contributed by atoms with van der Waals surface area (Å²) in [7, 11) is 1.80. The van der Waals surface area contributed by atoms with Gasteiger partial charge in [0.05, 0.1) is 0 Å². The van der Waals surface area contributed by atoms with Crippen molar-refractivity contribution in [1.29, 1.82) is 0 Å². The number of carbonyl (C=O) groups is 1. The predicted octanol–water partition coefficient (Wildman–Crippen LogP) is 3.67. The molecule has 7 heteroatoms. The number of hydrogen-bond acceptors (Lipinski definition) is 3. The molecule has 0 radical (unpaired) electrons. The van der Waals surface area contributed by atoms with Gasteiger partial charge < -0.3 is 20.3 Å². The van der Waals surface area contributed by atoms with E-state index in [1.807, 2.05) is 32.6 Å². The van der Waals surface area contributed by atoms with Gasteiger partial charge in [0, 0.05) is 31.7 Å². The Morgan fingerprint density at radius 2 is 1.88 bits per heavy atom. The van der Waals surface area contributed by atoms with Crippen molar-refractivity contribution in [3.63, 3.8) is 0 Å². The van der Waals surface area contributed by atoms with Crippen molar-refractivity contribution in [3.8, 4) is 0 Å². The Morgan fingerprint density at radius 3 is 2.38 bits per heavy atom. The van der Waals surface area contributed by atoms with Crippen molar-refractivity contribution < 1.29 is 9.53 Å². The van der Waals surface area contributed by atoms with E-state index in [1.165, 1.54) is 0 Å². The highest BCUT2D eigenvalue weighted by Gasteiger charge is 2.44. The lowest BCUT2D eigenvalue weighted by molar-refractivity contribution is 0.00545. The first-order valence-corrected chi connectivity index (χ1v) is 9.43. The predicted molar refractivity (Wildman–Crippen MR) is 117 cm³/mol. The van der Waals surface area contributed by atoms with Gasteiger partial charge in [-0.1, -0.05) is 12.2 Å². The van der Waals surface area contributed by atoms with Crippen LogP contribution in [0, 0.1) is 0 Å². The van der Waals surface area contributed by atoms with Gasteiger partial charge in [0.1, 0.15) is 5.60 Å². The van der Waals surface area contributed by atoms with Crippen LogP contribution in [0.5, 0.6) is 0 Å². The third-order valence-corrected chi connectivity index (χ3v) is 4.74. The quantitative estimate of drug-likeness (QED) is 0.213. The molecule has 2 unspecified atom stereocenters. The van der Waals surface area contributed by atoms with Crippen LogP contribution in [0.1, 0.15) is 59.8 Å². The van der Waals surface area contributed by atoms with Gasteiger partial charge in [-0.3, -0.25) is 4.99 Å². The summed E-state index contributed by atoms with van der Waals surface area (Å²) in [5, 5.41) is 6.88. The summed E-state index contributed by atoms with van der Waals surface area (Å²) in [6, 6.07) is 0.892. The summed E-state index contributed by atoms with van der Waals surface area (Å²) in [5.41, 5.74) is -0.440. The van der Waals surface area contributed by atoms with E-state index in [-0.39, 0.29) is 42.2 Å². The second-order valence-corrected chi connectivity index (χ2v) is 7.94. The summed E-state index contributed by atoms with van der Waals surface area (Å²) in [6.07, 6.45) is 9.05. The van der Waals surface area contributed by atoms with Gasteiger partial charge in [0.2, 0.25) is 0 Å². The molecule has 2 aliphatic rings. The molecule has 2 saturated heterocycles. The minimum absolute atomic E-state index is 0. The molecule has 6 nitrogen and oxygen atoms in total. The van der Waals surface area contributed by atoms with Gasteiger partial charge in [0.15, 0.2) is 5.96 Å². The van der Waals surface area contributed by atoms with Crippen LogP contribution in [0.25, 0.3) is 0 Å². The molecule has 2 aliphatic heterocycles. The minimum atomic E-state index is -0.440. The molecule has 2 fully saturated rings. The van der Waals surface area contributed by atoms with Crippen LogP contribution in [-0.4, -0.2) is 54.3 Å². The lowest BCUT2D eigenvalue weighted by Gasteiger charge is -2.40. The first kappa shape index (κ1) is 23.0. The number of ether oxygens (including phenoxy) is 1. The van der Waals surface area contributed by atoms with Crippen LogP contribution in [0.2, 0.25) is 0 Å². The summed E-state index contributed by atoms with van der Waals surface area (Å²) in [4.78, 5) is 18.8. The Kier molecular flexibility index (Phi) is 9.19. The van der Waals surface area contributed by atoms with Crippen LogP contribution in [0.3, 0.4) is 0 Å². The fourth-order valence-corrected chi connectivity index (χ4v) is 3.74. The van der Waals surface area contributed by atoms with E-state index in [4.69, 9.17) is 4.74 Å². The number of aliphatic imine (C=N–C) groups is 1. The number of nitrogens with zero attached hydrogens (tertiary/aromatic N) is 2. The Morgan fingerprint density at radius 1 is 1.27 bits per heavy atom. The smallest absolute Gasteiger partial charge is 0.410 e. The number of piperidine rings is 1. The SMILES string of the molecule is CC=CCCNC(=NC)NC1CC2CCC(C1)N2C(=O)OC(C)(C)C.I. The van der Waals surface area contributed by atoms with Gasteiger partial charge in [-0.05, 0) is 59.8 Å². The average molecular weight is 478 g/mol. The van der Waals surface area contributed by atoms with Gasteiger partial charge >= 0.3 is 6.09 Å². The Hall–Kier alpha value is -0.990. The van der Waals surface area contributed by atoms with Crippen molar-refractivity contribution in [3.05, 3.63) is 12.2 Å². The third kappa shape index (κ3) is 6.63. The zero-order chi connectivity index (χ0) is 18.4. The second-order valence-electron chi connectivity index (χ2n) is 7.94. The summed E-state index contributed by atoms with van der Waals surface area (Å²) in [6.45, 7) is 8.66. The van der Waals surface area contributed by atoms with Crippen molar-refractivity contribution in [1.82, 2.24) is 15.5 Å². The number of nitrogens with one attached hydrogen (secondary N) is 2. The molecule has 0 aromatic rings. The van der Waals surface area contributed by atoms with Crippen LogP contribution in [0.15, 0.2) is 17.1 Å². The standard InChI is InChI=1S/C19H34N4O2.HI/c1-6-7-8-11-21-17(20-5)22-14-12-15-9-10-16(13-14)23(15)18(24)25-19(2,3)4;/h6-7,14-16H,8-13H2,1-5H3,(H2,20,21,22);1H. The van der Waals surface area contributed by atoms with E-state index in [9.17, 15) is 4.79 Å². The monoisotopic (exact) mass is 478 g/mol. The average Bonchev–Trinajstić information content (AvgIpc) is 2.80. The number of fused-ring (bicyclic) bond motifs is 2. The fourth-order valence-electron chi connectivity index (χ4n) is 3.74. The number of carbonyl (C=O) groups excluding carboxylic acids is 1. The number of hydrogen-bond donors (Lipinski definition) is 2. The maximum absolute atomic E-state index is 12.5. The number of halogens is 1. The molecule has 0 aromatic carbocycles. The normalized spacial score (nSPS) is 25.8. The molecule has 2 heterocycles. The zero-order valence-electron chi connectivity index (χ0n) is 16.7. The second kappa shape index (κ2) is 10.4. The molecule has 2 bridgehead atoms. The van der Waals surface area contributed by atoms with Gasteiger partial charge in [-0.15, -0.1) is 24.0 Å². The number of guanidine groups is 1. The van der Waals surface area contributed by atoms with Gasteiger partial charge in [0.25, 0.3) is 0 Å². The topological polar surface area (TPSA) is 66.0 Å². The first-order valence-electron chi connectivity index (χ1n) is 9.43. The molecule has 2 N–H and O–H groups in total. The lowest BCUT2D eigenvalue weighted by Crippen LogP contribution is -2.55. The first-order chi connectivity index (χ1) is 11.8. The summed E-state index contributed by atoms with van der Waals surface area (Å²) < 4.78 is 5.60.